The van der Waals surface area contributed by atoms with E-state index in [0.29, 0.717) is 6.61 Å². The van der Waals surface area contributed by atoms with Crippen LogP contribution < -0.4 is 0 Å². The van der Waals surface area contributed by atoms with Crippen LogP contribution >= 0.6 is 13.6 Å². The molecule has 2 nitrogen and oxygen atoms in total. The number of halogens is 1. The fourth-order valence-corrected chi connectivity index (χ4v) is 1.02. The molecule has 0 atom stereocenters. The first kappa shape index (κ1) is 15.2. The van der Waals surface area contributed by atoms with Crippen LogP contribution in [0.4, 0.5) is 0 Å². The van der Waals surface area contributed by atoms with Crippen molar-refractivity contribution in [3.8, 4) is 0 Å². The van der Waals surface area contributed by atoms with E-state index in [0.717, 1.165) is 19.6 Å². The van der Waals surface area contributed by atoms with Gasteiger partial charge in [0.1, 0.15) is 0 Å². The number of benzene rings is 1. The van der Waals surface area contributed by atoms with Crippen LogP contribution in [0.5, 0.6) is 0 Å². The second-order valence-electron chi connectivity index (χ2n) is 2.81. The summed E-state index contributed by atoms with van der Waals surface area (Å²) < 4.78 is 10.3. The normalized spacial score (nSPS) is 9.33. The van der Waals surface area contributed by atoms with Gasteiger partial charge in [-0.2, -0.15) is 30.3 Å². The van der Waals surface area contributed by atoms with Crippen molar-refractivity contribution in [3.63, 3.8) is 0 Å². The van der Waals surface area contributed by atoms with Gasteiger partial charge >= 0.3 is 30.0 Å². The van der Waals surface area contributed by atoms with E-state index >= 15 is 0 Å². The van der Waals surface area contributed by atoms with E-state index in [1.54, 1.807) is 7.11 Å². The van der Waals surface area contributed by atoms with Gasteiger partial charge in [0, 0.05) is 26.9 Å². The molecule has 0 radical (unpaired) electrons. The molecular weight excluding hydrogens is 309 g/mol. The third-order valence-corrected chi connectivity index (χ3v) is 1.68. The van der Waals surface area contributed by atoms with Gasteiger partial charge in [0.15, 0.2) is 0 Å². The summed E-state index contributed by atoms with van der Waals surface area (Å²) in [4.78, 5) is 0. The van der Waals surface area contributed by atoms with Gasteiger partial charge in [-0.05, 0) is 6.42 Å². The molecule has 0 fully saturated rings. The Morgan fingerprint density at radius 1 is 1.40 bits per heavy atom. The van der Waals surface area contributed by atoms with E-state index in [4.69, 9.17) is 9.47 Å². The van der Waals surface area contributed by atoms with Crippen LogP contribution in [0.2, 0.25) is 0 Å². The molecule has 0 heterocycles. The molecule has 4 heteroatoms. The summed E-state index contributed by atoms with van der Waals surface area (Å²) in [6.07, 6.45) is 0.951. The third kappa shape index (κ3) is 9.19. The van der Waals surface area contributed by atoms with Gasteiger partial charge in [0.05, 0.1) is 0 Å². The Labute approximate surface area is 108 Å². The van der Waals surface area contributed by atoms with Crippen LogP contribution in [0.1, 0.15) is 12.0 Å². The van der Waals surface area contributed by atoms with E-state index in [2.05, 4.69) is 19.7 Å². The van der Waals surface area contributed by atoms with Crippen LogP contribution in [0.25, 0.3) is 0 Å². The molecule has 0 saturated carbocycles. The predicted octanol–water partition coefficient (Wildman–Crippen LogP) is 2.88. The molecule has 0 aliphatic rings. The molecule has 1 rings (SSSR count). The average molecular weight is 325 g/mol. The van der Waals surface area contributed by atoms with Crippen molar-refractivity contribution < 1.29 is 25.8 Å². The quantitative estimate of drug-likeness (QED) is 0.455. The summed E-state index contributed by atoms with van der Waals surface area (Å²) in [7, 11) is 1.70. The predicted molar refractivity (Wildman–Crippen MR) is 60.4 cm³/mol. The zero-order valence-corrected chi connectivity index (χ0v) is 13.6. The molecule has 0 aliphatic carbocycles. The van der Waals surface area contributed by atoms with Crippen molar-refractivity contribution in [2.45, 2.75) is 13.0 Å². The summed E-state index contributed by atoms with van der Waals surface area (Å²) in [6.45, 7) is 2.19. The van der Waals surface area contributed by atoms with Crippen LogP contribution in [-0.4, -0.2) is 20.3 Å². The van der Waals surface area contributed by atoms with E-state index in [-0.39, 0.29) is 0 Å². The number of rotatable bonds is 6. The first-order valence-corrected chi connectivity index (χ1v) is 11.7. The van der Waals surface area contributed by atoms with Crippen LogP contribution in [0.3, 0.4) is 0 Å². The Bertz CT molecular complexity index is 219. The molecule has 1 aromatic rings. The maximum absolute atomic E-state index is 5.42. The topological polar surface area (TPSA) is 18.5 Å². The van der Waals surface area contributed by atoms with Crippen LogP contribution in [0, 0.1) is 6.07 Å². The van der Waals surface area contributed by atoms with E-state index in [9.17, 15) is 0 Å². The Kier molecular flexibility index (Phi) is 12.5. The van der Waals surface area contributed by atoms with Crippen molar-refractivity contribution in [1.82, 2.24) is 0 Å². The zero-order chi connectivity index (χ0) is 11.4. The Balaban J connectivity index is 0.000000921. The standard InChI is InChI=1S/C11H15O2.BrH.Zn/c1-12-8-5-9-13-10-11-6-3-2-4-7-11;;/h2-3,6-7H,5,8-10H2,1H3;1H;/q-1;;+2/p-1. The van der Waals surface area contributed by atoms with Crippen molar-refractivity contribution in [3.05, 3.63) is 35.9 Å². The zero-order valence-electron chi connectivity index (χ0n) is 9.04. The molecule has 0 bridgehead atoms. The van der Waals surface area contributed by atoms with Gasteiger partial charge in [0.2, 0.25) is 0 Å². The first-order chi connectivity index (χ1) is 7.43. The molecule has 80 valence electrons. The SMILES string of the molecule is COCCCOCc1c[c-]ccc1.[Zn+][Br]. The Morgan fingerprint density at radius 2 is 2.20 bits per heavy atom. The molecule has 0 spiro atoms. The summed E-state index contributed by atoms with van der Waals surface area (Å²) in [6, 6.07) is 10.8. The van der Waals surface area contributed by atoms with Gasteiger partial charge in [-0.15, -0.1) is 5.56 Å². The minimum atomic E-state index is 0.668. The number of hydrogen-bond donors (Lipinski definition) is 0. The first-order valence-electron chi connectivity index (χ1n) is 4.72. The van der Waals surface area contributed by atoms with Crippen molar-refractivity contribution in [1.29, 1.82) is 0 Å². The minimum absolute atomic E-state index is 0.668. The molecule has 0 aliphatic heterocycles. The fraction of sp³-hybridized carbons (Fsp3) is 0.455. The summed E-state index contributed by atoms with van der Waals surface area (Å²) >= 11 is 4.25. The van der Waals surface area contributed by atoms with E-state index < -0.39 is 0 Å². The van der Waals surface area contributed by atoms with Crippen molar-refractivity contribution >= 4 is 13.6 Å². The molecule has 0 aromatic heterocycles. The summed E-state index contributed by atoms with van der Waals surface area (Å²) in [5, 5.41) is 0. The van der Waals surface area contributed by atoms with Crippen molar-refractivity contribution in [2.75, 3.05) is 20.3 Å². The van der Waals surface area contributed by atoms with Crippen LogP contribution in [-0.2, 0) is 32.4 Å². The van der Waals surface area contributed by atoms with E-state index in [1.807, 2.05) is 24.3 Å². The van der Waals surface area contributed by atoms with Gasteiger partial charge in [0.25, 0.3) is 0 Å². The van der Waals surface area contributed by atoms with Gasteiger partial charge in [-0.1, -0.05) is 0 Å². The summed E-state index contributed by atoms with van der Waals surface area (Å²) in [5.74, 6) is 0. The molecular formula is C11H15BrO2Zn. The molecule has 0 saturated heterocycles. The van der Waals surface area contributed by atoms with Gasteiger partial charge in [-0.3, -0.25) is 0 Å². The second kappa shape index (κ2) is 12.3. The number of methoxy groups -OCH3 is 1. The Morgan fingerprint density at radius 3 is 2.80 bits per heavy atom. The molecule has 1 aromatic carbocycles. The monoisotopic (exact) mass is 322 g/mol. The third-order valence-electron chi connectivity index (χ3n) is 1.68. The maximum atomic E-state index is 5.42. The van der Waals surface area contributed by atoms with Gasteiger partial charge < -0.3 is 9.47 Å². The fourth-order valence-electron chi connectivity index (χ4n) is 1.02. The number of hydrogen-bond acceptors (Lipinski definition) is 2. The second-order valence-corrected chi connectivity index (χ2v) is 2.81. The molecule has 0 N–H and O–H groups in total. The molecule has 0 unspecified atom stereocenters. The molecule has 15 heavy (non-hydrogen) atoms. The van der Waals surface area contributed by atoms with E-state index in [1.165, 1.54) is 21.9 Å². The molecule has 0 amide bonds. The van der Waals surface area contributed by atoms with Gasteiger partial charge in [-0.25, -0.2) is 0 Å². The Hall–Kier alpha value is 0.243. The number of ether oxygens (including phenoxy) is 2. The average Bonchev–Trinajstić information content (AvgIpc) is 2.33. The van der Waals surface area contributed by atoms with Crippen molar-refractivity contribution in [2.24, 2.45) is 0 Å². The van der Waals surface area contributed by atoms with Crippen LogP contribution in [0.15, 0.2) is 24.3 Å². The summed E-state index contributed by atoms with van der Waals surface area (Å²) in [5.41, 5.74) is 1.17.